The summed E-state index contributed by atoms with van der Waals surface area (Å²) in [5.41, 5.74) is 0.609. The Bertz CT molecular complexity index is 714. The molecule has 1 fully saturated rings. The van der Waals surface area contributed by atoms with Gasteiger partial charge in [0, 0.05) is 29.6 Å². The van der Waals surface area contributed by atoms with Gasteiger partial charge in [-0.3, -0.25) is 4.79 Å². The van der Waals surface area contributed by atoms with Gasteiger partial charge in [0.15, 0.2) is 0 Å². The molecular weight excluding hydrogens is 362 g/mol. The van der Waals surface area contributed by atoms with Crippen molar-refractivity contribution >= 4 is 27.6 Å². The second-order valence-corrected chi connectivity index (χ2v) is 9.22. The van der Waals surface area contributed by atoms with E-state index in [-0.39, 0.29) is 23.3 Å². The predicted octanol–water partition coefficient (Wildman–Crippen LogP) is 3.85. The molecule has 0 aromatic heterocycles. The van der Waals surface area contributed by atoms with Crippen LogP contribution in [-0.2, 0) is 21.5 Å². The maximum absolute atomic E-state index is 12.7. The van der Waals surface area contributed by atoms with Crippen molar-refractivity contribution < 1.29 is 17.4 Å². The summed E-state index contributed by atoms with van der Waals surface area (Å²) in [4.78, 5) is 14.5. The summed E-state index contributed by atoms with van der Waals surface area (Å²) in [6.45, 7) is 6.54. The van der Waals surface area contributed by atoms with Crippen LogP contribution in [0, 0.1) is 11.8 Å². The lowest BCUT2D eigenvalue weighted by Gasteiger charge is -2.33. The van der Waals surface area contributed by atoms with Gasteiger partial charge >= 0.3 is 10.1 Å². The van der Waals surface area contributed by atoms with Crippen LogP contribution in [0.4, 0.5) is 0 Å². The van der Waals surface area contributed by atoms with Gasteiger partial charge in [-0.15, -0.1) is 0 Å². The lowest BCUT2D eigenvalue weighted by molar-refractivity contribution is -0.139. The lowest BCUT2D eigenvalue weighted by Crippen LogP contribution is -2.40. The van der Waals surface area contributed by atoms with Gasteiger partial charge < -0.3 is 9.08 Å². The summed E-state index contributed by atoms with van der Waals surface area (Å²) >= 11 is 6.08. The van der Waals surface area contributed by atoms with Crippen LogP contribution in [-0.4, -0.2) is 31.5 Å². The van der Waals surface area contributed by atoms with E-state index in [0.717, 1.165) is 19.3 Å². The first-order chi connectivity index (χ1) is 11.7. The minimum absolute atomic E-state index is 0.0849. The number of benzene rings is 1. The Balaban J connectivity index is 2.27. The number of carbonyl (C=O) groups is 1. The third-order valence-corrected chi connectivity index (χ3v) is 5.68. The molecule has 7 heteroatoms. The third-order valence-electron chi connectivity index (χ3n) is 4.31. The van der Waals surface area contributed by atoms with E-state index in [0.29, 0.717) is 29.6 Å². The Morgan fingerprint density at radius 3 is 2.56 bits per heavy atom. The zero-order chi connectivity index (χ0) is 18.6. The van der Waals surface area contributed by atoms with Gasteiger partial charge in [-0.2, -0.15) is 8.42 Å². The molecular formula is C18H26ClNO4S. The highest BCUT2D eigenvalue weighted by Crippen LogP contribution is 2.31. The van der Waals surface area contributed by atoms with Crippen molar-refractivity contribution in [2.24, 2.45) is 11.8 Å². The van der Waals surface area contributed by atoms with Crippen molar-refractivity contribution in [3.05, 3.63) is 28.8 Å². The van der Waals surface area contributed by atoms with Gasteiger partial charge in [-0.05, 0) is 43.9 Å². The summed E-state index contributed by atoms with van der Waals surface area (Å²) in [6.07, 6.45) is 2.94. The molecule has 1 saturated carbocycles. The molecule has 2 rings (SSSR count). The van der Waals surface area contributed by atoms with Gasteiger partial charge in [0.2, 0.25) is 5.91 Å². The van der Waals surface area contributed by atoms with E-state index in [1.54, 1.807) is 23.1 Å². The van der Waals surface area contributed by atoms with Gasteiger partial charge in [-0.25, -0.2) is 0 Å². The average molecular weight is 388 g/mol. The minimum atomic E-state index is -3.64. The van der Waals surface area contributed by atoms with Crippen molar-refractivity contribution in [2.75, 3.05) is 12.3 Å². The van der Waals surface area contributed by atoms with Gasteiger partial charge in [0.1, 0.15) is 5.75 Å². The van der Waals surface area contributed by atoms with Gasteiger partial charge in [0.05, 0.1) is 5.75 Å². The standard InChI is InChI=1S/C18H26ClNO4S/c1-4-25(22,23)24-17-9-8-16(19)10-15(17)12-20(11-13(2)3)18(21)14-6-5-7-14/h8-10,13-14H,4-7,11-12H2,1-3H3. The first-order valence-electron chi connectivity index (χ1n) is 8.71. The molecule has 5 nitrogen and oxygen atoms in total. The molecule has 140 valence electrons. The minimum Gasteiger partial charge on any atom is -0.382 e. The molecule has 1 aliphatic rings. The van der Waals surface area contributed by atoms with E-state index >= 15 is 0 Å². The Labute approximate surface area is 155 Å². The zero-order valence-corrected chi connectivity index (χ0v) is 16.6. The molecule has 0 spiro atoms. The maximum Gasteiger partial charge on any atom is 0.308 e. The normalized spacial score (nSPS) is 15.1. The lowest BCUT2D eigenvalue weighted by atomic mass is 9.84. The molecule has 0 radical (unpaired) electrons. The van der Waals surface area contributed by atoms with Crippen molar-refractivity contribution in [3.8, 4) is 5.75 Å². The van der Waals surface area contributed by atoms with E-state index in [4.69, 9.17) is 15.8 Å². The molecule has 0 bridgehead atoms. The first kappa shape index (κ1) is 20.0. The molecule has 0 N–H and O–H groups in total. The Morgan fingerprint density at radius 1 is 1.36 bits per heavy atom. The molecule has 25 heavy (non-hydrogen) atoms. The topological polar surface area (TPSA) is 63.7 Å². The van der Waals surface area contributed by atoms with E-state index < -0.39 is 10.1 Å². The second kappa shape index (κ2) is 8.41. The molecule has 0 heterocycles. The quantitative estimate of drug-likeness (QED) is 0.635. The number of nitrogens with zero attached hydrogens (tertiary/aromatic N) is 1. The Morgan fingerprint density at radius 2 is 2.04 bits per heavy atom. The molecule has 1 aromatic carbocycles. The van der Waals surface area contributed by atoms with Gasteiger partial charge in [0.25, 0.3) is 0 Å². The summed E-state index contributed by atoms with van der Waals surface area (Å²) in [7, 11) is -3.64. The van der Waals surface area contributed by atoms with Crippen LogP contribution in [0.5, 0.6) is 5.75 Å². The smallest absolute Gasteiger partial charge is 0.308 e. The zero-order valence-electron chi connectivity index (χ0n) is 15.0. The molecule has 1 aromatic rings. The van der Waals surface area contributed by atoms with Crippen molar-refractivity contribution in [3.63, 3.8) is 0 Å². The van der Waals surface area contributed by atoms with Crippen LogP contribution in [0.25, 0.3) is 0 Å². The molecule has 0 saturated heterocycles. The SMILES string of the molecule is CCS(=O)(=O)Oc1ccc(Cl)cc1CN(CC(C)C)C(=O)C1CCC1. The largest absolute Gasteiger partial charge is 0.382 e. The third kappa shape index (κ3) is 5.61. The molecule has 0 unspecified atom stereocenters. The number of hydrogen-bond acceptors (Lipinski definition) is 4. The summed E-state index contributed by atoms with van der Waals surface area (Å²) < 4.78 is 28.9. The van der Waals surface area contributed by atoms with Gasteiger partial charge in [-0.1, -0.05) is 31.9 Å². The predicted molar refractivity (Wildman–Crippen MR) is 99.1 cm³/mol. The van der Waals surface area contributed by atoms with Crippen LogP contribution >= 0.6 is 11.6 Å². The molecule has 0 atom stereocenters. The van der Waals surface area contributed by atoms with Crippen LogP contribution in [0.1, 0.15) is 45.6 Å². The first-order valence-corrected chi connectivity index (χ1v) is 10.7. The summed E-state index contributed by atoms with van der Waals surface area (Å²) in [5, 5.41) is 0.483. The number of halogens is 1. The second-order valence-electron chi connectivity index (χ2n) is 6.92. The van der Waals surface area contributed by atoms with Crippen LogP contribution < -0.4 is 4.18 Å². The number of carbonyl (C=O) groups excluding carboxylic acids is 1. The summed E-state index contributed by atoms with van der Waals surface area (Å²) in [6, 6.07) is 4.81. The fourth-order valence-corrected chi connectivity index (χ4v) is 3.49. The maximum atomic E-state index is 12.7. The van der Waals surface area contributed by atoms with E-state index in [1.165, 1.54) is 6.92 Å². The van der Waals surface area contributed by atoms with E-state index in [2.05, 4.69) is 13.8 Å². The fraction of sp³-hybridized carbons (Fsp3) is 0.611. The van der Waals surface area contributed by atoms with E-state index in [1.807, 2.05) is 0 Å². The highest BCUT2D eigenvalue weighted by Gasteiger charge is 2.30. The van der Waals surface area contributed by atoms with Crippen LogP contribution in [0.2, 0.25) is 5.02 Å². The summed E-state index contributed by atoms with van der Waals surface area (Å²) in [5.74, 6) is 0.644. The van der Waals surface area contributed by atoms with Crippen molar-refractivity contribution in [1.29, 1.82) is 0 Å². The van der Waals surface area contributed by atoms with Crippen molar-refractivity contribution in [2.45, 2.75) is 46.6 Å². The number of rotatable bonds is 8. The monoisotopic (exact) mass is 387 g/mol. The van der Waals surface area contributed by atoms with Crippen LogP contribution in [0.3, 0.4) is 0 Å². The number of amides is 1. The number of hydrogen-bond donors (Lipinski definition) is 0. The molecule has 1 amide bonds. The van der Waals surface area contributed by atoms with Crippen LogP contribution in [0.15, 0.2) is 18.2 Å². The fourth-order valence-electron chi connectivity index (χ4n) is 2.74. The Kier molecular flexibility index (Phi) is 6.74. The van der Waals surface area contributed by atoms with Crippen molar-refractivity contribution in [1.82, 2.24) is 4.90 Å². The Hall–Kier alpha value is -1.27. The molecule has 0 aliphatic heterocycles. The van der Waals surface area contributed by atoms with E-state index in [9.17, 15) is 13.2 Å². The average Bonchev–Trinajstić information content (AvgIpc) is 2.47. The highest BCUT2D eigenvalue weighted by atomic mass is 35.5. The molecule has 1 aliphatic carbocycles. The highest BCUT2D eigenvalue weighted by molar-refractivity contribution is 7.87.